The van der Waals surface area contributed by atoms with Gasteiger partial charge in [0.15, 0.2) is 11.5 Å². The zero-order valence-corrected chi connectivity index (χ0v) is 12.3. The Morgan fingerprint density at radius 1 is 1.43 bits per heavy atom. The van der Waals surface area contributed by atoms with Crippen molar-refractivity contribution in [3.05, 3.63) is 39.9 Å². The van der Waals surface area contributed by atoms with Gasteiger partial charge in [0.05, 0.1) is 20.1 Å². The van der Waals surface area contributed by atoms with Gasteiger partial charge < -0.3 is 14.2 Å². The number of nitrogens with zero attached hydrogens (tertiary/aromatic N) is 3. The van der Waals surface area contributed by atoms with E-state index in [0.29, 0.717) is 29.5 Å². The van der Waals surface area contributed by atoms with Crippen LogP contribution in [0.4, 0.5) is 0 Å². The van der Waals surface area contributed by atoms with E-state index in [1.165, 1.54) is 20.3 Å². The van der Waals surface area contributed by atoms with Gasteiger partial charge in [-0.1, -0.05) is 11.2 Å². The molecule has 7 nitrogen and oxygen atoms in total. The topological polar surface area (TPSA) is 93.5 Å². The van der Waals surface area contributed by atoms with E-state index in [2.05, 4.69) is 14.8 Å². The van der Waals surface area contributed by atoms with E-state index in [1.807, 2.05) is 0 Å². The first-order chi connectivity index (χ1) is 10.2. The predicted octanol–water partition coefficient (Wildman–Crippen LogP) is 3.14. The van der Waals surface area contributed by atoms with Crippen LogP contribution >= 0.6 is 11.6 Å². The van der Waals surface area contributed by atoms with Crippen molar-refractivity contribution in [2.45, 2.75) is 0 Å². The summed E-state index contributed by atoms with van der Waals surface area (Å²) < 4.78 is 15.1. The second kappa shape index (κ2) is 8.73. The maximum absolute atomic E-state index is 11.5. The molecule has 1 aromatic rings. The average Bonchev–Trinajstić information content (AvgIpc) is 2.51. The van der Waals surface area contributed by atoms with Crippen LogP contribution in [0.25, 0.3) is 16.5 Å². The molecule has 21 heavy (non-hydrogen) atoms. The lowest BCUT2D eigenvalue weighted by molar-refractivity contribution is -0.136. The molecule has 0 aromatic heterocycles. The lowest BCUT2D eigenvalue weighted by Crippen LogP contribution is -2.02. The number of rotatable bonds is 7. The third kappa shape index (κ3) is 4.91. The van der Waals surface area contributed by atoms with Gasteiger partial charge in [-0.15, -0.1) is 11.6 Å². The molecule has 0 bridgehead atoms. The van der Waals surface area contributed by atoms with Crippen molar-refractivity contribution in [1.29, 1.82) is 0 Å². The quantitative estimate of drug-likeness (QED) is 0.193. The summed E-state index contributed by atoms with van der Waals surface area (Å²) in [6.45, 7) is 0.311. The van der Waals surface area contributed by atoms with Crippen LogP contribution in [0.5, 0.6) is 11.5 Å². The Morgan fingerprint density at radius 2 is 2.19 bits per heavy atom. The first-order valence-corrected chi connectivity index (χ1v) is 6.41. The van der Waals surface area contributed by atoms with Crippen LogP contribution in [-0.4, -0.2) is 32.7 Å². The molecule has 1 rings (SSSR count). The number of methoxy groups -OCH3 is 2. The van der Waals surface area contributed by atoms with Crippen molar-refractivity contribution in [3.63, 3.8) is 0 Å². The molecule has 112 valence electrons. The highest BCUT2D eigenvalue weighted by Gasteiger charge is 2.09. The normalized spacial score (nSPS) is 10.5. The molecule has 1 aromatic carbocycles. The highest BCUT2D eigenvalue weighted by atomic mass is 35.5. The Morgan fingerprint density at radius 3 is 2.76 bits per heavy atom. The Balaban J connectivity index is 3.17. The lowest BCUT2D eigenvalue weighted by atomic mass is 10.1. The third-order valence-electron chi connectivity index (χ3n) is 2.37. The fourth-order valence-electron chi connectivity index (χ4n) is 1.48. The molecule has 0 amide bonds. The summed E-state index contributed by atoms with van der Waals surface area (Å²) in [6.07, 6.45) is 1.39. The summed E-state index contributed by atoms with van der Waals surface area (Å²) >= 11 is 5.58. The molecule has 0 heterocycles. The lowest BCUT2D eigenvalue weighted by Gasteiger charge is -2.10. The average molecular weight is 312 g/mol. The molecule has 0 spiro atoms. The van der Waals surface area contributed by atoms with E-state index in [-0.39, 0.29) is 5.70 Å². The number of ether oxygens (including phenoxy) is 3. The van der Waals surface area contributed by atoms with Crippen LogP contribution in [0.1, 0.15) is 5.56 Å². The number of carbonyl (C=O) groups excluding carboxylic acids is 1. The first kappa shape index (κ1) is 16.7. The van der Waals surface area contributed by atoms with E-state index < -0.39 is 5.97 Å². The van der Waals surface area contributed by atoms with Crippen molar-refractivity contribution in [3.8, 4) is 11.5 Å². The second-order valence-corrected chi connectivity index (χ2v) is 4.04. The van der Waals surface area contributed by atoms with Crippen LogP contribution in [0.2, 0.25) is 0 Å². The van der Waals surface area contributed by atoms with Gasteiger partial charge in [-0.2, -0.15) is 0 Å². The predicted molar refractivity (Wildman–Crippen MR) is 78.3 cm³/mol. The summed E-state index contributed by atoms with van der Waals surface area (Å²) in [5, 5.41) is 3.30. The van der Waals surface area contributed by atoms with E-state index >= 15 is 0 Å². The van der Waals surface area contributed by atoms with Gasteiger partial charge >= 0.3 is 5.97 Å². The molecule has 8 heteroatoms. The molecular weight excluding hydrogens is 298 g/mol. The fourth-order valence-corrected chi connectivity index (χ4v) is 1.56. The zero-order chi connectivity index (χ0) is 15.7. The van der Waals surface area contributed by atoms with Crippen molar-refractivity contribution in [2.75, 3.05) is 26.7 Å². The molecule has 0 saturated carbocycles. The zero-order valence-electron chi connectivity index (χ0n) is 11.6. The molecule has 0 unspecified atom stereocenters. The molecule has 0 N–H and O–H groups in total. The molecule has 0 saturated heterocycles. The monoisotopic (exact) mass is 311 g/mol. The van der Waals surface area contributed by atoms with Crippen LogP contribution in [0.3, 0.4) is 0 Å². The molecule has 0 aliphatic heterocycles. The largest absolute Gasteiger partial charge is 0.493 e. The summed E-state index contributed by atoms with van der Waals surface area (Å²) in [5.41, 5.74) is 8.89. The molecule has 0 radical (unpaired) electrons. The maximum Gasteiger partial charge on any atom is 0.340 e. The van der Waals surface area contributed by atoms with Crippen molar-refractivity contribution in [2.24, 2.45) is 5.11 Å². The van der Waals surface area contributed by atoms with Gasteiger partial charge in [-0.05, 0) is 29.3 Å². The smallest absolute Gasteiger partial charge is 0.340 e. The number of carbonyl (C=O) groups is 1. The summed E-state index contributed by atoms with van der Waals surface area (Å²) in [7, 11) is 2.71. The minimum atomic E-state index is -0.730. The molecule has 0 aliphatic carbocycles. The van der Waals surface area contributed by atoms with E-state index in [4.69, 9.17) is 26.6 Å². The Kier molecular flexibility index (Phi) is 6.94. The van der Waals surface area contributed by atoms with Gasteiger partial charge in [0.1, 0.15) is 12.3 Å². The van der Waals surface area contributed by atoms with Crippen molar-refractivity contribution >= 4 is 23.6 Å². The maximum atomic E-state index is 11.5. The standard InChI is InChI=1S/C13H14ClN3O4/c1-19-11-4-3-9(8-12(11)21-6-5-14)7-10(16-17-15)13(18)20-2/h3-4,7-8H,5-6H2,1-2H3. The van der Waals surface area contributed by atoms with Gasteiger partial charge in [-0.25, -0.2) is 4.79 Å². The second-order valence-electron chi connectivity index (χ2n) is 3.66. The Bertz CT molecular complexity index is 583. The van der Waals surface area contributed by atoms with Crippen LogP contribution in [-0.2, 0) is 9.53 Å². The molecule has 0 fully saturated rings. The molecular formula is C13H14ClN3O4. The van der Waals surface area contributed by atoms with Crippen LogP contribution in [0.15, 0.2) is 29.0 Å². The highest BCUT2D eigenvalue weighted by Crippen LogP contribution is 2.29. The van der Waals surface area contributed by atoms with E-state index in [1.54, 1.807) is 18.2 Å². The molecule has 0 aliphatic rings. The Hall–Kier alpha value is -2.37. The minimum Gasteiger partial charge on any atom is -0.493 e. The van der Waals surface area contributed by atoms with Crippen molar-refractivity contribution < 1.29 is 19.0 Å². The van der Waals surface area contributed by atoms with Crippen LogP contribution < -0.4 is 9.47 Å². The van der Waals surface area contributed by atoms with Crippen molar-refractivity contribution in [1.82, 2.24) is 0 Å². The first-order valence-electron chi connectivity index (χ1n) is 5.88. The number of benzene rings is 1. The number of hydrogen-bond donors (Lipinski definition) is 0. The summed E-state index contributed by atoms with van der Waals surface area (Å²) in [5.74, 6) is 0.597. The summed E-state index contributed by atoms with van der Waals surface area (Å²) in [6, 6.07) is 4.99. The fraction of sp³-hybridized carbons (Fsp3) is 0.308. The number of alkyl halides is 1. The summed E-state index contributed by atoms with van der Waals surface area (Å²) in [4.78, 5) is 14.0. The SMILES string of the molecule is COC(=O)C(=Cc1ccc(OC)c(OCCCl)c1)N=[N+]=[N-]. The number of azide groups is 1. The number of hydrogen-bond acceptors (Lipinski definition) is 5. The number of halogens is 1. The van der Waals surface area contributed by atoms with E-state index in [0.717, 1.165) is 0 Å². The minimum absolute atomic E-state index is 0.159. The Labute approximate surface area is 126 Å². The van der Waals surface area contributed by atoms with Gasteiger partial charge in [-0.3, -0.25) is 0 Å². The number of esters is 1. The highest BCUT2D eigenvalue weighted by molar-refractivity contribution is 6.18. The molecule has 0 atom stereocenters. The third-order valence-corrected chi connectivity index (χ3v) is 2.53. The van der Waals surface area contributed by atoms with Gasteiger partial charge in [0.2, 0.25) is 0 Å². The van der Waals surface area contributed by atoms with E-state index in [9.17, 15) is 4.79 Å². The van der Waals surface area contributed by atoms with Crippen LogP contribution in [0, 0.1) is 0 Å². The van der Waals surface area contributed by atoms with Gasteiger partial charge in [0.25, 0.3) is 0 Å². The van der Waals surface area contributed by atoms with Gasteiger partial charge in [0, 0.05) is 4.91 Å².